The lowest BCUT2D eigenvalue weighted by Crippen LogP contribution is -2.26. The lowest BCUT2D eigenvalue weighted by Gasteiger charge is -2.16. The number of rotatable bonds is 7. The molecule has 0 radical (unpaired) electrons. The molecule has 0 spiro atoms. The number of likely N-dealkylation sites (N-methyl/N-ethyl adjacent to an activating group) is 1. The van der Waals surface area contributed by atoms with Gasteiger partial charge in [0.15, 0.2) is 5.88 Å². The fourth-order valence-corrected chi connectivity index (χ4v) is 4.03. The van der Waals surface area contributed by atoms with Gasteiger partial charge in [-0.25, -0.2) is 4.99 Å². The summed E-state index contributed by atoms with van der Waals surface area (Å²) in [6.07, 6.45) is 0. The maximum Gasteiger partial charge on any atom is 0.199 e. The number of hydrogen-bond donors (Lipinski definition) is 2. The van der Waals surface area contributed by atoms with Crippen LogP contribution in [-0.4, -0.2) is 52.7 Å². The first-order chi connectivity index (χ1) is 14.1. The molecule has 0 atom stereocenters. The predicted molar refractivity (Wildman–Crippen MR) is 121 cm³/mol. The van der Waals surface area contributed by atoms with Crippen molar-refractivity contribution in [2.24, 2.45) is 10.1 Å². The fraction of sp³-hybridized carbons (Fsp3) is 0.273. The van der Waals surface area contributed by atoms with Crippen molar-refractivity contribution in [1.29, 1.82) is 0 Å². The molecule has 0 unspecified atom stereocenters. The second-order valence-corrected chi connectivity index (χ2v) is 7.64. The van der Waals surface area contributed by atoms with E-state index in [1.165, 1.54) is 0 Å². The Hall–Kier alpha value is -2.64. The molecule has 0 saturated carbocycles. The van der Waals surface area contributed by atoms with Gasteiger partial charge in [-0.15, -0.1) is 0 Å². The zero-order valence-corrected chi connectivity index (χ0v) is 18.0. The first-order valence-corrected chi connectivity index (χ1v) is 10.5. The van der Waals surface area contributed by atoms with E-state index in [4.69, 9.17) is 9.83 Å². The zero-order chi connectivity index (χ0) is 20.4. The lowest BCUT2D eigenvalue weighted by atomic mass is 10.0. The Morgan fingerprint density at radius 1 is 1.14 bits per heavy atom. The molecule has 4 rings (SSSR count). The number of benzene rings is 2. The second-order valence-electron chi connectivity index (χ2n) is 6.79. The molecule has 0 saturated heterocycles. The number of nitrogens with one attached hydrogen (secondary N) is 1. The highest BCUT2D eigenvalue weighted by molar-refractivity contribution is 9.10. The van der Waals surface area contributed by atoms with Gasteiger partial charge >= 0.3 is 0 Å². The highest BCUT2D eigenvalue weighted by Gasteiger charge is 2.29. The van der Waals surface area contributed by atoms with Crippen LogP contribution in [0.25, 0.3) is 10.9 Å². The van der Waals surface area contributed by atoms with Crippen LogP contribution in [0.5, 0.6) is 5.88 Å². The van der Waals surface area contributed by atoms with Crippen LogP contribution in [0.4, 0.5) is 5.69 Å². The van der Waals surface area contributed by atoms with Gasteiger partial charge in [-0.05, 0) is 41.2 Å². The first kappa shape index (κ1) is 19.7. The topological polar surface area (TPSA) is 73.2 Å². The van der Waals surface area contributed by atoms with E-state index in [1.54, 1.807) is 0 Å². The van der Waals surface area contributed by atoms with Crippen molar-refractivity contribution >= 4 is 43.9 Å². The number of nitrogens with zero attached hydrogens (tertiary/aromatic N) is 3. The average Bonchev–Trinajstić information content (AvgIpc) is 3.26. The molecule has 6 nitrogen and oxygen atoms in total. The van der Waals surface area contributed by atoms with Crippen LogP contribution in [0.2, 0.25) is 0 Å². The quantitative estimate of drug-likeness (QED) is 0.396. The summed E-state index contributed by atoms with van der Waals surface area (Å²) in [5.74, 6) is 0.0642. The van der Waals surface area contributed by atoms with Crippen molar-refractivity contribution in [2.75, 3.05) is 26.2 Å². The summed E-state index contributed by atoms with van der Waals surface area (Å²) in [5.41, 5.74) is 4.41. The molecule has 150 valence electrons. The van der Waals surface area contributed by atoms with Crippen molar-refractivity contribution in [3.63, 3.8) is 0 Å². The third-order valence-corrected chi connectivity index (χ3v) is 5.83. The Morgan fingerprint density at radius 2 is 1.93 bits per heavy atom. The Balaban J connectivity index is 1.72. The van der Waals surface area contributed by atoms with E-state index >= 15 is 0 Å². The van der Waals surface area contributed by atoms with E-state index < -0.39 is 0 Å². The molecular weight excluding hydrogens is 432 g/mol. The zero-order valence-electron chi connectivity index (χ0n) is 16.4. The minimum absolute atomic E-state index is 0.0642. The van der Waals surface area contributed by atoms with Crippen molar-refractivity contribution in [1.82, 2.24) is 9.88 Å². The largest absolute Gasteiger partial charge is 0.494 e. The highest BCUT2D eigenvalue weighted by Crippen LogP contribution is 2.37. The van der Waals surface area contributed by atoms with E-state index in [2.05, 4.69) is 44.8 Å². The summed E-state index contributed by atoms with van der Waals surface area (Å²) in [6, 6.07) is 13.6. The van der Waals surface area contributed by atoms with Gasteiger partial charge in [0.1, 0.15) is 18.0 Å². The van der Waals surface area contributed by atoms with E-state index in [1.807, 2.05) is 42.5 Å². The minimum Gasteiger partial charge on any atom is -0.494 e. The highest BCUT2D eigenvalue weighted by atomic mass is 79.9. The molecule has 1 aliphatic heterocycles. The minimum atomic E-state index is 0.0642. The molecule has 0 aliphatic carbocycles. The first-order valence-electron chi connectivity index (χ1n) is 9.74. The van der Waals surface area contributed by atoms with E-state index in [0.29, 0.717) is 23.6 Å². The molecule has 0 amide bonds. The summed E-state index contributed by atoms with van der Waals surface area (Å²) in [7, 11) is 0. The third kappa shape index (κ3) is 3.68. The van der Waals surface area contributed by atoms with Gasteiger partial charge in [-0.1, -0.05) is 49.3 Å². The van der Waals surface area contributed by atoms with E-state index in [9.17, 15) is 5.11 Å². The van der Waals surface area contributed by atoms with Crippen molar-refractivity contribution in [3.8, 4) is 5.88 Å². The average molecular weight is 455 g/mol. The van der Waals surface area contributed by atoms with Gasteiger partial charge in [-0.2, -0.15) is 0 Å². The molecule has 0 fully saturated rings. The van der Waals surface area contributed by atoms with Gasteiger partial charge in [0, 0.05) is 22.0 Å². The summed E-state index contributed by atoms with van der Waals surface area (Å²) < 4.78 is 0.877. The van der Waals surface area contributed by atoms with Crippen LogP contribution >= 0.6 is 15.9 Å². The molecule has 3 aromatic rings. The van der Waals surface area contributed by atoms with Crippen LogP contribution in [0, 0.1) is 0 Å². The lowest BCUT2D eigenvalue weighted by molar-refractivity contribution is 0.115. The number of aromatic amines is 1. The monoisotopic (exact) mass is 454 g/mol. The number of H-pyrrole nitrogens is 1. The molecule has 2 N–H and O–H groups in total. The smallest absolute Gasteiger partial charge is 0.199 e. The van der Waals surface area contributed by atoms with Crippen molar-refractivity contribution in [2.45, 2.75) is 13.8 Å². The Labute approximate surface area is 178 Å². The standard InChI is InChI=1S/C22H23BrN4O2/c1-3-27(4-2)12-13-29-26-20-14-8-5-6-11-17(14)24-21(20)18-15-9-7-10-16(23)19(15)25-22(18)28/h5-11,25,28H,3-4,12-13H2,1-2H3. The summed E-state index contributed by atoms with van der Waals surface area (Å²) in [5, 5.41) is 16.0. The number of hydrogen-bond acceptors (Lipinski definition) is 5. The Morgan fingerprint density at radius 3 is 2.72 bits per heavy atom. The summed E-state index contributed by atoms with van der Waals surface area (Å²) in [6.45, 7) is 7.51. The maximum absolute atomic E-state index is 10.7. The van der Waals surface area contributed by atoms with E-state index in [-0.39, 0.29) is 5.88 Å². The van der Waals surface area contributed by atoms with Gasteiger partial charge < -0.3 is 19.8 Å². The van der Waals surface area contributed by atoms with Crippen molar-refractivity contribution < 1.29 is 9.94 Å². The number of fused-ring (bicyclic) bond motifs is 2. The number of oxime groups is 1. The van der Waals surface area contributed by atoms with Crippen LogP contribution in [-0.2, 0) is 4.84 Å². The molecule has 29 heavy (non-hydrogen) atoms. The molecule has 1 aromatic heterocycles. The molecule has 2 aromatic carbocycles. The van der Waals surface area contributed by atoms with Gasteiger partial charge in [-0.3, -0.25) is 0 Å². The second kappa shape index (κ2) is 8.39. The van der Waals surface area contributed by atoms with Gasteiger partial charge in [0.25, 0.3) is 0 Å². The fourth-order valence-electron chi connectivity index (χ4n) is 3.57. The van der Waals surface area contributed by atoms with Gasteiger partial charge in [0.05, 0.1) is 16.8 Å². The van der Waals surface area contributed by atoms with Crippen LogP contribution in [0.3, 0.4) is 0 Å². The Kier molecular flexibility index (Phi) is 5.69. The van der Waals surface area contributed by atoms with Crippen LogP contribution in [0.1, 0.15) is 25.0 Å². The Bertz CT molecular complexity index is 1100. The molecular formula is C22H23BrN4O2. The maximum atomic E-state index is 10.7. The summed E-state index contributed by atoms with van der Waals surface area (Å²) >= 11 is 3.53. The van der Waals surface area contributed by atoms with Crippen LogP contribution < -0.4 is 0 Å². The van der Waals surface area contributed by atoms with Crippen LogP contribution in [0.15, 0.2) is 57.1 Å². The molecule has 2 heterocycles. The summed E-state index contributed by atoms with van der Waals surface area (Å²) in [4.78, 5) is 15.8. The molecule has 0 bridgehead atoms. The van der Waals surface area contributed by atoms with Gasteiger partial charge in [0.2, 0.25) is 0 Å². The number of aromatic hydroxyl groups is 1. The predicted octanol–water partition coefficient (Wildman–Crippen LogP) is 4.83. The number of halogens is 1. The van der Waals surface area contributed by atoms with Crippen molar-refractivity contribution in [3.05, 3.63) is 58.1 Å². The molecule has 1 aliphatic rings. The number of aliphatic imine (C=N–C) groups is 1. The number of aromatic nitrogens is 1. The SMILES string of the molecule is CCN(CC)CCON=C1C(c2c(O)[nH]c3c(Br)cccc23)=Nc2ccccc21. The number of para-hydroxylation sites is 2. The van der Waals surface area contributed by atoms with E-state index in [0.717, 1.165) is 46.3 Å². The third-order valence-electron chi connectivity index (χ3n) is 5.16. The normalized spacial score (nSPS) is 14.6. The molecule has 7 heteroatoms.